The quantitative estimate of drug-likeness (QED) is 0.481. The van der Waals surface area contributed by atoms with Crippen molar-refractivity contribution in [3.05, 3.63) is 58.6 Å². The monoisotopic (exact) mass is 229 g/mol. The number of rotatable bonds is 3. The summed E-state index contributed by atoms with van der Waals surface area (Å²) in [4.78, 5) is 10.1. The molecular weight excluding hydrogens is 218 g/mol. The number of nitrogens with two attached hydrogens (primary N) is 1. The molecule has 0 bridgehead atoms. The van der Waals surface area contributed by atoms with Crippen LogP contribution in [0.25, 0.3) is 0 Å². The molecule has 0 fully saturated rings. The molecule has 0 radical (unpaired) electrons. The molecule has 0 aliphatic carbocycles. The lowest BCUT2D eigenvalue weighted by Crippen LogP contribution is -1.96. The number of benzene rings is 2. The van der Waals surface area contributed by atoms with Crippen molar-refractivity contribution in [3.63, 3.8) is 0 Å². The lowest BCUT2D eigenvalue weighted by molar-refractivity contribution is -0.384. The van der Waals surface area contributed by atoms with Gasteiger partial charge in [0.15, 0.2) is 0 Å². The first kappa shape index (κ1) is 10.9. The summed E-state index contributed by atoms with van der Waals surface area (Å²) in [6.45, 7) is 0. The van der Waals surface area contributed by atoms with Crippen LogP contribution in [-0.4, -0.2) is 4.92 Å². The minimum Gasteiger partial charge on any atom is -0.397 e. The number of para-hydroxylation sites is 2. The summed E-state index contributed by atoms with van der Waals surface area (Å²) in [5.41, 5.74) is 8.01. The minimum atomic E-state index is -0.430. The number of nitro benzene ring substituents is 1. The third-order valence-electron chi connectivity index (χ3n) is 2.32. The molecule has 0 unspecified atom stereocenters. The Kier molecular flexibility index (Phi) is 2.91. The van der Waals surface area contributed by atoms with E-state index in [9.17, 15) is 10.1 Å². The number of anilines is 3. The summed E-state index contributed by atoms with van der Waals surface area (Å²) in [7, 11) is 0. The zero-order valence-electron chi connectivity index (χ0n) is 8.96. The van der Waals surface area contributed by atoms with E-state index in [0.29, 0.717) is 5.69 Å². The highest BCUT2D eigenvalue weighted by Crippen LogP contribution is 2.23. The predicted octanol–water partition coefficient (Wildman–Crippen LogP) is 2.92. The number of hydrogen-bond donors (Lipinski definition) is 2. The van der Waals surface area contributed by atoms with Crippen molar-refractivity contribution >= 4 is 22.7 Å². The van der Waals surface area contributed by atoms with Crippen LogP contribution in [-0.2, 0) is 0 Å². The Hall–Kier alpha value is -2.56. The summed E-state index contributed by atoms with van der Waals surface area (Å²) in [5, 5.41) is 13.6. The highest BCUT2D eigenvalue weighted by atomic mass is 16.6. The van der Waals surface area contributed by atoms with E-state index in [2.05, 4.69) is 5.32 Å². The maximum absolute atomic E-state index is 10.5. The average molecular weight is 229 g/mol. The average Bonchev–Trinajstić information content (AvgIpc) is 2.33. The van der Waals surface area contributed by atoms with Crippen molar-refractivity contribution in [3.8, 4) is 0 Å². The van der Waals surface area contributed by atoms with Crippen molar-refractivity contribution in [1.82, 2.24) is 0 Å². The van der Waals surface area contributed by atoms with Gasteiger partial charge in [0.05, 0.1) is 16.3 Å². The van der Waals surface area contributed by atoms with Gasteiger partial charge < -0.3 is 11.1 Å². The summed E-state index contributed by atoms with van der Waals surface area (Å²) >= 11 is 0. The number of nitrogens with one attached hydrogen (secondary N) is 1. The number of nitrogen functional groups attached to an aromatic ring is 1. The van der Waals surface area contributed by atoms with Crippen molar-refractivity contribution in [2.75, 3.05) is 11.1 Å². The normalized spacial score (nSPS) is 9.88. The fourth-order valence-electron chi connectivity index (χ4n) is 1.43. The Morgan fingerprint density at radius 3 is 2.29 bits per heavy atom. The van der Waals surface area contributed by atoms with Crippen LogP contribution >= 0.6 is 0 Å². The van der Waals surface area contributed by atoms with E-state index in [0.717, 1.165) is 11.4 Å². The van der Waals surface area contributed by atoms with E-state index in [4.69, 9.17) is 5.73 Å². The number of nitro groups is 1. The molecule has 0 aliphatic heterocycles. The molecule has 0 spiro atoms. The smallest absolute Gasteiger partial charge is 0.269 e. The first-order valence-corrected chi connectivity index (χ1v) is 5.03. The largest absolute Gasteiger partial charge is 0.397 e. The van der Waals surface area contributed by atoms with E-state index < -0.39 is 4.92 Å². The van der Waals surface area contributed by atoms with E-state index in [1.54, 1.807) is 18.2 Å². The van der Waals surface area contributed by atoms with Gasteiger partial charge in [-0.25, -0.2) is 0 Å². The second kappa shape index (κ2) is 4.52. The van der Waals surface area contributed by atoms with Gasteiger partial charge in [-0.1, -0.05) is 12.1 Å². The van der Waals surface area contributed by atoms with Crippen LogP contribution in [0.5, 0.6) is 0 Å². The first-order chi connectivity index (χ1) is 8.16. The number of hydrogen-bond acceptors (Lipinski definition) is 4. The molecule has 0 aliphatic rings. The molecule has 0 atom stereocenters. The first-order valence-electron chi connectivity index (χ1n) is 5.03. The Bertz CT molecular complexity index is 538. The van der Waals surface area contributed by atoms with Crippen LogP contribution in [0.1, 0.15) is 0 Å². The summed E-state index contributed by atoms with van der Waals surface area (Å²) in [6.07, 6.45) is 0. The molecule has 5 nitrogen and oxygen atoms in total. The third-order valence-corrected chi connectivity index (χ3v) is 2.32. The molecule has 0 saturated heterocycles. The second-order valence-electron chi connectivity index (χ2n) is 3.52. The molecule has 5 heteroatoms. The van der Waals surface area contributed by atoms with Gasteiger partial charge in [0.2, 0.25) is 0 Å². The van der Waals surface area contributed by atoms with Gasteiger partial charge >= 0.3 is 0 Å². The van der Waals surface area contributed by atoms with Gasteiger partial charge in [0, 0.05) is 17.8 Å². The molecule has 17 heavy (non-hydrogen) atoms. The van der Waals surface area contributed by atoms with E-state index in [-0.39, 0.29) is 5.69 Å². The molecule has 0 aromatic heterocycles. The Morgan fingerprint density at radius 1 is 1.06 bits per heavy atom. The summed E-state index contributed by atoms with van der Waals surface area (Å²) < 4.78 is 0. The van der Waals surface area contributed by atoms with Crippen molar-refractivity contribution in [1.29, 1.82) is 0 Å². The molecule has 0 amide bonds. The van der Waals surface area contributed by atoms with Crippen molar-refractivity contribution in [2.45, 2.75) is 0 Å². The van der Waals surface area contributed by atoms with Gasteiger partial charge in [0.1, 0.15) is 0 Å². The van der Waals surface area contributed by atoms with Crippen molar-refractivity contribution < 1.29 is 4.92 Å². The van der Waals surface area contributed by atoms with Crippen LogP contribution in [0, 0.1) is 10.1 Å². The van der Waals surface area contributed by atoms with Crippen LogP contribution < -0.4 is 11.1 Å². The lowest BCUT2D eigenvalue weighted by atomic mass is 10.2. The van der Waals surface area contributed by atoms with Gasteiger partial charge in [-0.05, 0) is 24.3 Å². The Labute approximate surface area is 98.0 Å². The highest BCUT2D eigenvalue weighted by Gasteiger charge is 2.04. The minimum absolute atomic E-state index is 0.0663. The van der Waals surface area contributed by atoms with Crippen LogP contribution in [0.4, 0.5) is 22.7 Å². The topological polar surface area (TPSA) is 81.2 Å². The maximum atomic E-state index is 10.5. The van der Waals surface area contributed by atoms with Gasteiger partial charge in [-0.2, -0.15) is 0 Å². The van der Waals surface area contributed by atoms with Crippen LogP contribution in [0.15, 0.2) is 48.5 Å². The van der Waals surface area contributed by atoms with E-state index in [1.807, 2.05) is 18.2 Å². The zero-order valence-corrected chi connectivity index (χ0v) is 8.96. The third kappa shape index (κ3) is 2.52. The lowest BCUT2D eigenvalue weighted by Gasteiger charge is -2.08. The molecule has 0 saturated carbocycles. The standard InChI is InChI=1S/C12H11N3O2/c13-11-3-1-2-4-12(11)14-9-5-7-10(8-6-9)15(16)17/h1-8,14H,13H2. The SMILES string of the molecule is Nc1ccccc1Nc1ccc([N+](=O)[O-])cc1. The molecule has 2 aromatic rings. The predicted molar refractivity (Wildman–Crippen MR) is 67.2 cm³/mol. The Morgan fingerprint density at radius 2 is 1.71 bits per heavy atom. The van der Waals surface area contributed by atoms with Crippen molar-refractivity contribution in [2.24, 2.45) is 0 Å². The highest BCUT2D eigenvalue weighted by molar-refractivity contribution is 5.72. The molecule has 2 aromatic carbocycles. The Balaban J connectivity index is 2.20. The van der Waals surface area contributed by atoms with Crippen LogP contribution in [0.2, 0.25) is 0 Å². The summed E-state index contributed by atoms with van der Waals surface area (Å²) in [6, 6.07) is 13.5. The van der Waals surface area contributed by atoms with E-state index >= 15 is 0 Å². The fraction of sp³-hybridized carbons (Fsp3) is 0. The number of non-ortho nitro benzene ring substituents is 1. The second-order valence-corrected chi connectivity index (χ2v) is 3.52. The fourth-order valence-corrected chi connectivity index (χ4v) is 1.43. The van der Waals surface area contributed by atoms with Gasteiger partial charge in [-0.15, -0.1) is 0 Å². The maximum Gasteiger partial charge on any atom is 0.269 e. The van der Waals surface area contributed by atoms with E-state index in [1.165, 1.54) is 12.1 Å². The zero-order chi connectivity index (χ0) is 12.3. The van der Waals surface area contributed by atoms with Crippen LogP contribution in [0.3, 0.4) is 0 Å². The molecule has 0 heterocycles. The molecule has 2 rings (SSSR count). The van der Waals surface area contributed by atoms with Gasteiger partial charge in [-0.3, -0.25) is 10.1 Å². The molecular formula is C12H11N3O2. The molecule has 86 valence electrons. The number of nitrogens with zero attached hydrogens (tertiary/aromatic N) is 1. The molecule has 3 N–H and O–H groups in total. The summed E-state index contributed by atoms with van der Waals surface area (Å²) in [5.74, 6) is 0. The van der Waals surface area contributed by atoms with Gasteiger partial charge in [0.25, 0.3) is 5.69 Å².